The van der Waals surface area contributed by atoms with Crippen LogP contribution >= 0.6 is 0 Å². The van der Waals surface area contributed by atoms with E-state index < -0.39 is 29.2 Å². The average Bonchev–Trinajstić information content (AvgIpc) is 3.41. The Bertz CT molecular complexity index is 1450. The van der Waals surface area contributed by atoms with Gasteiger partial charge in [-0.05, 0) is 50.2 Å². The van der Waals surface area contributed by atoms with Crippen molar-refractivity contribution in [2.24, 2.45) is 0 Å². The lowest BCUT2D eigenvalue weighted by Gasteiger charge is -2.16. The molecular weight excluding hydrogens is 528 g/mol. The van der Waals surface area contributed by atoms with Crippen molar-refractivity contribution in [2.45, 2.75) is 25.2 Å². The Balaban J connectivity index is 1.39. The highest BCUT2D eigenvalue weighted by Crippen LogP contribution is 2.36. The second-order valence-electron chi connectivity index (χ2n) is 8.81. The third-order valence-corrected chi connectivity index (χ3v) is 6.08. The Morgan fingerprint density at radius 2 is 1.64 bits per heavy atom. The van der Waals surface area contributed by atoms with E-state index in [4.69, 9.17) is 0 Å². The van der Waals surface area contributed by atoms with E-state index in [2.05, 4.69) is 45.7 Å². The van der Waals surface area contributed by atoms with Crippen LogP contribution in [0.15, 0.2) is 42.9 Å². The molecule has 9 nitrogen and oxygen atoms in total. The molecule has 1 saturated heterocycles. The first-order valence-corrected chi connectivity index (χ1v) is 11.9. The van der Waals surface area contributed by atoms with Gasteiger partial charge in [0.15, 0.2) is 5.65 Å². The Morgan fingerprint density at radius 1 is 0.846 bits per heavy atom. The molecule has 0 radical (unpaired) electrons. The fourth-order valence-corrected chi connectivity index (χ4v) is 4.14. The fraction of sp³-hybridized carbons (Fsp3) is 0.333. The largest absolute Gasteiger partial charge is 0.418 e. The van der Waals surface area contributed by atoms with Gasteiger partial charge in [-0.25, -0.2) is 19.9 Å². The molecule has 1 aliphatic heterocycles. The van der Waals surface area contributed by atoms with Crippen molar-refractivity contribution in [3.8, 4) is 11.4 Å². The van der Waals surface area contributed by atoms with Crippen LogP contribution in [0.2, 0.25) is 0 Å². The van der Waals surface area contributed by atoms with Crippen LogP contribution in [0.25, 0.3) is 22.6 Å². The summed E-state index contributed by atoms with van der Waals surface area (Å²) >= 11 is 0. The molecule has 204 valence electrons. The minimum Gasteiger partial charge on any atom is -0.367 e. The molecule has 0 aromatic carbocycles. The number of anilines is 3. The van der Waals surface area contributed by atoms with Crippen molar-refractivity contribution in [1.82, 2.24) is 35.0 Å². The topological polar surface area (TPSA) is 105 Å². The van der Waals surface area contributed by atoms with Crippen LogP contribution in [0, 0.1) is 0 Å². The van der Waals surface area contributed by atoms with E-state index in [0.717, 1.165) is 50.3 Å². The summed E-state index contributed by atoms with van der Waals surface area (Å²) in [7, 11) is 0. The molecule has 5 rings (SSSR count). The predicted octanol–water partition coefficient (Wildman–Crippen LogP) is 5.17. The lowest BCUT2D eigenvalue weighted by molar-refractivity contribution is -0.138. The number of aromatic nitrogens is 6. The molecule has 1 fully saturated rings. The van der Waals surface area contributed by atoms with E-state index in [0.29, 0.717) is 25.0 Å². The van der Waals surface area contributed by atoms with E-state index in [1.165, 1.54) is 12.3 Å². The van der Waals surface area contributed by atoms with Crippen LogP contribution in [0.3, 0.4) is 0 Å². The third-order valence-electron chi connectivity index (χ3n) is 6.08. The zero-order chi connectivity index (χ0) is 27.6. The number of rotatable bonds is 7. The number of halogens is 6. The van der Waals surface area contributed by atoms with Crippen LogP contribution in [-0.2, 0) is 12.4 Å². The van der Waals surface area contributed by atoms with E-state index in [-0.39, 0.29) is 28.5 Å². The molecular formula is C24H21F6N9. The van der Waals surface area contributed by atoms with Crippen LogP contribution in [-0.4, -0.2) is 61.2 Å². The molecule has 1 aliphatic rings. The van der Waals surface area contributed by atoms with Gasteiger partial charge in [-0.1, -0.05) is 0 Å². The van der Waals surface area contributed by atoms with Gasteiger partial charge in [0.25, 0.3) is 0 Å². The minimum absolute atomic E-state index is 0.00678. The summed E-state index contributed by atoms with van der Waals surface area (Å²) < 4.78 is 80.2. The van der Waals surface area contributed by atoms with Gasteiger partial charge in [-0.15, -0.1) is 10.2 Å². The number of nitrogens with one attached hydrogen (secondary N) is 2. The highest BCUT2D eigenvalue weighted by molar-refractivity contribution is 5.87. The number of hydrogen-bond acceptors (Lipinski definition) is 9. The molecule has 0 saturated carbocycles. The average molecular weight is 549 g/mol. The number of pyridine rings is 2. The van der Waals surface area contributed by atoms with Crippen molar-refractivity contribution in [3.05, 3.63) is 54.0 Å². The Kier molecular flexibility index (Phi) is 7.16. The van der Waals surface area contributed by atoms with Gasteiger partial charge < -0.3 is 15.5 Å². The highest BCUT2D eigenvalue weighted by atomic mass is 19.4. The van der Waals surface area contributed by atoms with Crippen molar-refractivity contribution in [3.63, 3.8) is 0 Å². The summed E-state index contributed by atoms with van der Waals surface area (Å²) in [6.07, 6.45) is -3.94. The first-order chi connectivity index (χ1) is 18.6. The smallest absolute Gasteiger partial charge is 0.367 e. The van der Waals surface area contributed by atoms with Gasteiger partial charge in [0.05, 0.1) is 23.0 Å². The first-order valence-electron chi connectivity index (χ1n) is 11.9. The van der Waals surface area contributed by atoms with Crippen LogP contribution in [0.1, 0.15) is 24.0 Å². The third kappa shape index (κ3) is 6.13. The summed E-state index contributed by atoms with van der Waals surface area (Å²) in [5.74, 6) is 0.0899. The number of nitrogens with zero attached hydrogens (tertiary/aromatic N) is 7. The van der Waals surface area contributed by atoms with E-state index in [1.807, 2.05) is 0 Å². The maximum absolute atomic E-state index is 13.9. The van der Waals surface area contributed by atoms with Crippen LogP contribution < -0.4 is 10.6 Å². The molecule has 0 aliphatic carbocycles. The first kappa shape index (κ1) is 26.5. The molecule has 4 aromatic rings. The molecule has 39 heavy (non-hydrogen) atoms. The van der Waals surface area contributed by atoms with E-state index in [9.17, 15) is 26.3 Å². The lowest BCUT2D eigenvalue weighted by Crippen LogP contribution is -2.26. The van der Waals surface area contributed by atoms with Gasteiger partial charge >= 0.3 is 12.4 Å². The van der Waals surface area contributed by atoms with E-state index in [1.54, 1.807) is 0 Å². The molecule has 15 heteroatoms. The van der Waals surface area contributed by atoms with Crippen molar-refractivity contribution >= 4 is 28.5 Å². The molecule has 0 atom stereocenters. The van der Waals surface area contributed by atoms with Gasteiger partial charge in [-0.2, -0.15) is 26.3 Å². The van der Waals surface area contributed by atoms with Crippen molar-refractivity contribution in [2.75, 3.05) is 36.8 Å². The quantitative estimate of drug-likeness (QED) is 0.302. The van der Waals surface area contributed by atoms with Crippen LogP contribution in [0.5, 0.6) is 0 Å². The summed E-state index contributed by atoms with van der Waals surface area (Å²) in [6.45, 7) is 3.04. The zero-order valence-electron chi connectivity index (χ0n) is 20.2. The Hall–Kier alpha value is -4.14. The molecule has 0 unspecified atom stereocenters. The van der Waals surface area contributed by atoms with E-state index >= 15 is 0 Å². The predicted molar refractivity (Wildman–Crippen MR) is 130 cm³/mol. The second-order valence-corrected chi connectivity index (χ2v) is 8.81. The molecule has 4 aromatic heterocycles. The van der Waals surface area contributed by atoms with Gasteiger partial charge in [0, 0.05) is 25.5 Å². The fourth-order valence-electron chi connectivity index (χ4n) is 4.14. The number of fused-ring (bicyclic) bond motifs is 1. The maximum Gasteiger partial charge on any atom is 0.418 e. The summed E-state index contributed by atoms with van der Waals surface area (Å²) in [4.78, 5) is 18.4. The minimum atomic E-state index is -4.74. The van der Waals surface area contributed by atoms with Crippen molar-refractivity contribution < 1.29 is 26.3 Å². The molecule has 5 heterocycles. The Labute approximate surface area is 217 Å². The molecule has 2 N–H and O–H groups in total. The molecule has 0 amide bonds. The highest BCUT2D eigenvalue weighted by Gasteiger charge is 2.36. The van der Waals surface area contributed by atoms with Crippen molar-refractivity contribution in [1.29, 1.82) is 0 Å². The van der Waals surface area contributed by atoms with Crippen LogP contribution in [0.4, 0.5) is 43.7 Å². The van der Waals surface area contributed by atoms with Gasteiger partial charge in [-0.3, -0.25) is 0 Å². The second kappa shape index (κ2) is 10.6. The van der Waals surface area contributed by atoms with Gasteiger partial charge in [0.1, 0.15) is 28.5 Å². The maximum atomic E-state index is 13.9. The number of hydrogen-bond donors (Lipinski definition) is 2. The van der Waals surface area contributed by atoms with Gasteiger partial charge in [0.2, 0.25) is 0 Å². The monoisotopic (exact) mass is 549 g/mol. The summed E-state index contributed by atoms with van der Waals surface area (Å²) in [6, 6.07) is 4.38. The standard InChI is InChI=1S/C24H21F6N9/c25-23(26,27)14-3-4-18(33-12-14)35-16-5-6-32-22-21(16)34-13-17(36-22)20-15(24(28,29)30)11-19(37-38-20)31-7-10-39-8-1-2-9-39/h3-6,11-13H,1-2,7-10H2,(H,31,37)(H,32,33,35,36). The SMILES string of the molecule is FC(F)(F)c1ccc(Nc2ccnc3nc(-c4nnc(NCCN5CCCC5)cc4C(F)(F)F)cnc23)nc1. The molecule has 0 spiro atoms. The summed E-state index contributed by atoms with van der Waals surface area (Å²) in [5.41, 5.74) is -2.18. The summed E-state index contributed by atoms with van der Waals surface area (Å²) in [5, 5.41) is 13.4. The lowest BCUT2D eigenvalue weighted by atomic mass is 10.1. The number of likely N-dealkylation sites (tertiary alicyclic amines) is 1. The number of alkyl halides is 6. The Morgan fingerprint density at radius 3 is 2.33 bits per heavy atom. The zero-order valence-corrected chi connectivity index (χ0v) is 20.2. The molecule has 0 bridgehead atoms. The normalized spacial score (nSPS) is 14.6.